The van der Waals surface area contributed by atoms with Crippen molar-refractivity contribution in [3.05, 3.63) is 29.8 Å². The van der Waals surface area contributed by atoms with E-state index in [9.17, 15) is 9.90 Å². The van der Waals surface area contributed by atoms with Crippen molar-refractivity contribution in [3.8, 4) is 0 Å². The van der Waals surface area contributed by atoms with Gasteiger partial charge in [0.15, 0.2) is 0 Å². The number of hydrogen-bond acceptors (Lipinski definition) is 4. The van der Waals surface area contributed by atoms with Crippen LogP contribution in [0.1, 0.15) is 23.7 Å². The Kier molecular flexibility index (Phi) is 5.80. The van der Waals surface area contributed by atoms with Crippen LogP contribution in [0, 0.1) is 0 Å². The third kappa shape index (κ3) is 3.78. The Morgan fingerprint density at radius 1 is 1.27 bits per heavy atom. The van der Waals surface area contributed by atoms with Crippen LogP contribution < -0.4 is 4.90 Å². The number of anilines is 1. The molecular formula is C17H27N3O2. The Morgan fingerprint density at radius 3 is 2.50 bits per heavy atom. The molecule has 0 spiro atoms. The molecule has 5 nitrogen and oxygen atoms in total. The number of carbonyl (C=O) groups excluding carboxylic acids is 1. The molecule has 1 aliphatic heterocycles. The van der Waals surface area contributed by atoms with Crippen molar-refractivity contribution in [2.45, 2.75) is 19.4 Å². The van der Waals surface area contributed by atoms with Crippen molar-refractivity contribution in [3.63, 3.8) is 0 Å². The second-order valence-corrected chi connectivity index (χ2v) is 6.02. The zero-order valence-electron chi connectivity index (χ0n) is 13.8. The second kappa shape index (κ2) is 7.61. The molecule has 0 radical (unpaired) electrons. The standard InChI is InChI=1S/C17H27N3O2/c1-4-15(13-21)19-8-10-20(11-9-19)17(22)14-6-5-7-16(12-14)18(2)3/h5-7,12,15,21H,4,8-11,13H2,1-3H3. The minimum absolute atomic E-state index is 0.0976. The first-order chi connectivity index (χ1) is 10.6. The van der Waals surface area contributed by atoms with E-state index >= 15 is 0 Å². The van der Waals surface area contributed by atoms with Gasteiger partial charge in [0.05, 0.1) is 6.61 Å². The van der Waals surface area contributed by atoms with Crippen molar-refractivity contribution >= 4 is 11.6 Å². The largest absolute Gasteiger partial charge is 0.395 e. The monoisotopic (exact) mass is 305 g/mol. The van der Waals surface area contributed by atoms with Crippen LogP contribution in [0.4, 0.5) is 5.69 Å². The van der Waals surface area contributed by atoms with Crippen LogP contribution in [0.15, 0.2) is 24.3 Å². The molecule has 1 aromatic carbocycles. The lowest BCUT2D eigenvalue weighted by atomic mass is 10.1. The summed E-state index contributed by atoms with van der Waals surface area (Å²) in [6.07, 6.45) is 0.940. The topological polar surface area (TPSA) is 47.0 Å². The molecule has 1 N–H and O–H groups in total. The Labute approximate surface area is 133 Å². The second-order valence-electron chi connectivity index (χ2n) is 6.02. The number of carbonyl (C=O) groups is 1. The molecule has 122 valence electrons. The lowest BCUT2D eigenvalue weighted by Gasteiger charge is -2.38. The zero-order chi connectivity index (χ0) is 16.1. The third-order valence-corrected chi connectivity index (χ3v) is 4.41. The molecule has 1 unspecified atom stereocenters. The molecule has 22 heavy (non-hydrogen) atoms. The van der Waals surface area contributed by atoms with Gasteiger partial charge in [-0.3, -0.25) is 9.69 Å². The van der Waals surface area contributed by atoms with Crippen molar-refractivity contribution < 1.29 is 9.90 Å². The van der Waals surface area contributed by atoms with Crippen molar-refractivity contribution in [1.82, 2.24) is 9.80 Å². The van der Waals surface area contributed by atoms with Crippen LogP contribution in [-0.2, 0) is 0 Å². The van der Waals surface area contributed by atoms with E-state index in [1.165, 1.54) is 0 Å². The molecule has 1 amide bonds. The summed E-state index contributed by atoms with van der Waals surface area (Å²) in [5, 5.41) is 9.39. The number of aliphatic hydroxyl groups is 1. The van der Waals surface area contributed by atoms with Gasteiger partial charge in [-0.05, 0) is 24.6 Å². The molecule has 0 aliphatic carbocycles. The first-order valence-electron chi connectivity index (χ1n) is 7.98. The van der Waals surface area contributed by atoms with Crippen LogP contribution in [0.25, 0.3) is 0 Å². The molecule has 1 saturated heterocycles. The Morgan fingerprint density at radius 2 is 1.95 bits per heavy atom. The summed E-state index contributed by atoms with van der Waals surface area (Å²) in [7, 11) is 3.95. The smallest absolute Gasteiger partial charge is 0.254 e. The molecule has 0 saturated carbocycles. The van der Waals surface area contributed by atoms with Crippen LogP contribution >= 0.6 is 0 Å². The van der Waals surface area contributed by atoms with Gasteiger partial charge < -0.3 is 14.9 Å². The fourth-order valence-corrected chi connectivity index (χ4v) is 2.89. The van der Waals surface area contributed by atoms with Gasteiger partial charge in [-0.25, -0.2) is 0 Å². The molecular weight excluding hydrogens is 278 g/mol. The highest BCUT2D eigenvalue weighted by Gasteiger charge is 2.25. The van der Waals surface area contributed by atoms with Crippen LogP contribution in [0.2, 0.25) is 0 Å². The molecule has 0 aromatic heterocycles. The molecule has 1 atom stereocenters. The van der Waals surface area contributed by atoms with E-state index in [1.54, 1.807) is 0 Å². The van der Waals surface area contributed by atoms with Gasteiger partial charge in [0, 0.05) is 57.6 Å². The van der Waals surface area contributed by atoms with E-state index < -0.39 is 0 Å². The maximum Gasteiger partial charge on any atom is 0.254 e. The minimum Gasteiger partial charge on any atom is -0.395 e. The summed E-state index contributed by atoms with van der Waals surface area (Å²) >= 11 is 0. The summed E-state index contributed by atoms with van der Waals surface area (Å²) < 4.78 is 0. The predicted octanol–water partition coefficient (Wildman–Crippen LogP) is 1.28. The van der Waals surface area contributed by atoms with Crippen LogP contribution in [0.3, 0.4) is 0 Å². The Hall–Kier alpha value is -1.59. The van der Waals surface area contributed by atoms with Crippen molar-refractivity contribution in [2.24, 2.45) is 0 Å². The zero-order valence-corrected chi connectivity index (χ0v) is 13.8. The summed E-state index contributed by atoms with van der Waals surface area (Å²) in [4.78, 5) is 18.8. The number of benzene rings is 1. The van der Waals surface area contributed by atoms with Crippen molar-refractivity contribution in [2.75, 3.05) is 51.8 Å². The molecule has 0 bridgehead atoms. The summed E-state index contributed by atoms with van der Waals surface area (Å²) in [5.74, 6) is 0.0976. The molecule has 5 heteroatoms. The van der Waals surface area contributed by atoms with E-state index in [2.05, 4.69) is 11.8 Å². The fourth-order valence-electron chi connectivity index (χ4n) is 2.89. The first kappa shape index (κ1) is 16.8. The van der Waals surface area contributed by atoms with Gasteiger partial charge in [0.25, 0.3) is 5.91 Å². The van der Waals surface area contributed by atoms with Crippen LogP contribution in [0.5, 0.6) is 0 Å². The van der Waals surface area contributed by atoms with E-state index in [0.717, 1.165) is 43.9 Å². The quantitative estimate of drug-likeness (QED) is 0.890. The average Bonchev–Trinajstić information content (AvgIpc) is 2.56. The van der Waals surface area contributed by atoms with Crippen molar-refractivity contribution in [1.29, 1.82) is 0 Å². The Bertz CT molecular complexity index is 492. The summed E-state index contributed by atoms with van der Waals surface area (Å²) in [5.41, 5.74) is 1.78. The SMILES string of the molecule is CCC(CO)N1CCN(C(=O)c2cccc(N(C)C)c2)CC1. The highest BCUT2D eigenvalue weighted by atomic mass is 16.3. The number of nitrogens with zero attached hydrogens (tertiary/aromatic N) is 3. The Balaban J connectivity index is 1.99. The number of rotatable bonds is 5. The highest BCUT2D eigenvalue weighted by Crippen LogP contribution is 2.17. The van der Waals surface area contributed by atoms with Gasteiger partial charge in [0.2, 0.25) is 0 Å². The molecule has 2 rings (SSSR count). The molecule has 1 aromatic rings. The van der Waals surface area contributed by atoms with Gasteiger partial charge >= 0.3 is 0 Å². The molecule has 1 heterocycles. The first-order valence-corrected chi connectivity index (χ1v) is 7.98. The maximum absolute atomic E-state index is 12.6. The summed E-state index contributed by atoms with van der Waals surface area (Å²) in [6, 6.07) is 7.97. The third-order valence-electron chi connectivity index (χ3n) is 4.41. The van der Waals surface area contributed by atoms with E-state index in [4.69, 9.17) is 0 Å². The number of piperazine rings is 1. The maximum atomic E-state index is 12.6. The van der Waals surface area contributed by atoms with Gasteiger partial charge in [-0.2, -0.15) is 0 Å². The van der Waals surface area contributed by atoms with Gasteiger partial charge in [0.1, 0.15) is 0 Å². The minimum atomic E-state index is 0.0976. The van der Waals surface area contributed by atoms with Gasteiger partial charge in [-0.1, -0.05) is 13.0 Å². The number of amides is 1. The average molecular weight is 305 g/mol. The lowest BCUT2D eigenvalue weighted by Crippen LogP contribution is -2.52. The highest BCUT2D eigenvalue weighted by molar-refractivity contribution is 5.95. The fraction of sp³-hybridized carbons (Fsp3) is 0.588. The van der Waals surface area contributed by atoms with E-state index in [-0.39, 0.29) is 18.6 Å². The van der Waals surface area contributed by atoms with Gasteiger partial charge in [-0.15, -0.1) is 0 Å². The lowest BCUT2D eigenvalue weighted by molar-refractivity contribution is 0.0472. The number of aliphatic hydroxyl groups excluding tert-OH is 1. The number of hydrogen-bond donors (Lipinski definition) is 1. The predicted molar refractivity (Wildman–Crippen MR) is 89.4 cm³/mol. The molecule has 1 fully saturated rings. The molecule has 1 aliphatic rings. The van der Waals surface area contributed by atoms with E-state index in [1.807, 2.05) is 48.2 Å². The van der Waals surface area contributed by atoms with E-state index in [0.29, 0.717) is 0 Å². The normalized spacial score (nSPS) is 17.4. The van der Waals surface area contributed by atoms with Crippen LogP contribution in [-0.4, -0.2) is 73.7 Å². The summed E-state index contributed by atoms with van der Waals surface area (Å²) in [6.45, 7) is 5.39.